The zero-order valence-electron chi connectivity index (χ0n) is 24.0. The van der Waals surface area contributed by atoms with Gasteiger partial charge in [-0.1, -0.05) is 46.6 Å². The van der Waals surface area contributed by atoms with Crippen molar-refractivity contribution < 1.29 is 18.4 Å². The van der Waals surface area contributed by atoms with Gasteiger partial charge >= 0.3 is 0 Å². The Balaban J connectivity index is 0.000000650. The molecule has 3 aromatic rings. The third kappa shape index (κ3) is 11.6. The van der Waals surface area contributed by atoms with Gasteiger partial charge in [-0.2, -0.15) is 5.10 Å². The molecule has 1 fully saturated rings. The van der Waals surface area contributed by atoms with Gasteiger partial charge < -0.3 is 16.0 Å². The van der Waals surface area contributed by atoms with E-state index in [2.05, 4.69) is 26.0 Å². The Hall–Kier alpha value is -3.82. The van der Waals surface area contributed by atoms with Crippen molar-refractivity contribution in [3.05, 3.63) is 66.0 Å². The lowest BCUT2D eigenvalue weighted by Crippen LogP contribution is -2.41. The van der Waals surface area contributed by atoms with Gasteiger partial charge in [-0.3, -0.25) is 19.3 Å². The SMILES string of the molecule is CC.CC.Cc1cc(Nc2cccc(C(=O)NC(C)C(=O)Nc3cnn(C)c3)c2)c(F)cn1.FC1CCCC1. The average Bonchev–Trinajstić information content (AvgIpc) is 3.59. The number of aryl methyl sites for hydroxylation is 2. The van der Waals surface area contributed by atoms with Crippen molar-refractivity contribution in [1.29, 1.82) is 0 Å². The zero-order valence-corrected chi connectivity index (χ0v) is 24.0. The number of nitrogens with one attached hydrogen (secondary N) is 3. The first-order chi connectivity index (χ1) is 18.7. The largest absolute Gasteiger partial charge is 0.353 e. The number of pyridine rings is 1. The third-order valence-electron chi connectivity index (χ3n) is 5.39. The van der Waals surface area contributed by atoms with E-state index in [9.17, 15) is 18.4 Å². The number of nitrogens with zero attached hydrogens (tertiary/aromatic N) is 3. The Labute approximate surface area is 230 Å². The van der Waals surface area contributed by atoms with E-state index in [1.54, 1.807) is 62.1 Å². The number of hydrogen-bond donors (Lipinski definition) is 3. The first-order valence-corrected chi connectivity index (χ1v) is 13.4. The van der Waals surface area contributed by atoms with Crippen molar-refractivity contribution >= 4 is 28.9 Å². The van der Waals surface area contributed by atoms with Gasteiger partial charge in [-0.25, -0.2) is 8.78 Å². The third-order valence-corrected chi connectivity index (χ3v) is 5.39. The van der Waals surface area contributed by atoms with E-state index in [0.29, 0.717) is 22.6 Å². The highest BCUT2D eigenvalue weighted by Gasteiger charge is 2.18. The van der Waals surface area contributed by atoms with E-state index < -0.39 is 23.9 Å². The van der Waals surface area contributed by atoms with E-state index in [1.807, 2.05) is 27.7 Å². The molecule has 0 spiro atoms. The number of aromatic nitrogens is 3. The number of anilines is 3. The summed E-state index contributed by atoms with van der Waals surface area (Å²) in [5.41, 5.74) is 2.34. The summed E-state index contributed by atoms with van der Waals surface area (Å²) in [7, 11) is 1.74. The van der Waals surface area contributed by atoms with Crippen LogP contribution < -0.4 is 16.0 Å². The number of carbonyl (C=O) groups is 2. The van der Waals surface area contributed by atoms with Crippen LogP contribution in [0.4, 0.5) is 25.8 Å². The summed E-state index contributed by atoms with van der Waals surface area (Å²) in [5, 5.41) is 12.2. The van der Waals surface area contributed by atoms with Gasteiger partial charge in [0, 0.05) is 30.2 Å². The first-order valence-electron chi connectivity index (χ1n) is 13.4. The Morgan fingerprint density at radius 1 is 1.05 bits per heavy atom. The molecule has 1 unspecified atom stereocenters. The highest BCUT2D eigenvalue weighted by Crippen LogP contribution is 2.21. The molecule has 2 amide bonds. The molecule has 0 saturated heterocycles. The molecule has 39 heavy (non-hydrogen) atoms. The lowest BCUT2D eigenvalue weighted by molar-refractivity contribution is -0.117. The molecule has 1 saturated carbocycles. The summed E-state index contributed by atoms with van der Waals surface area (Å²) in [6.45, 7) is 11.3. The predicted molar refractivity (Wildman–Crippen MR) is 153 cm³/mol. The van der Waals surface area contributed by atoms with Crippen LogP contribution >= 0.6 is 0 Å². The topological polar surface area (TPSA) is 101 Å². The van der Waals surface area contributed by atoms with Crippen molar-refractivity contribution in [1.82, 2.24) is 20.1 Å². The number of alkyl halides is 1. The molecule has 214 valence electrons. The molecule has 10 heteroatoms. The predicted octanol–water partition coefficient (Wildman–Crippen LogP) is 6.71. The molecule has 8 nitrogen and oxygen atoms in total. The lowest BCUT2D eigenvalue weighted by Gasteiger charge is -2.14. The Morgan fingerprint density at radius 3 is 2.28 bits per heavy atom. The van der Waals surface area contributed by atoms with E-state index in [-0.39, 0.29) is 11.6 Å². The van der Waals surface area contributed by atoms with Crippen LogP contribution in [0, 0.1) is 12.7 Å². The molecule has 0 radical (unpaired) electrons. The fourth-order valence-electron chi connectivity index (χ4n) is 3.49. The molecule has 1 atom stereocenters. The smallest absolute Gasteiger partial charge is 0.251 e. The summed E-state index contributed by atoms with van der Waals surface area (Å²) >= 11 is 0. The molecule has 2 heterocycles. The summed E-state index contributed by atoms with van der Waals surface area (Å²) in [6, 6.07) is 7.39. The minimum atomic E-state index is -0.764. The van der Waals surface area contributed by atoms with Gasteiger partial charge in [0.15, 0.2) is 5.82 Å². The van der Waals surface area contributed by atoms with E-state index in [4.69, 9.17) is 0 Å². The van der Waals surface area contributed by atoms with Crippen molar-refractivity contribution in [2.45, 2.75) is 79.4 Å². The van der Waals surface area contributed by atoms with Gasteiger partial charge in [-0.15, -0.1) is 0 Å². The maximum absolute atomic E-state index is 13.9. The zero-order chi connectivity index (χ0) is 29.4. The number of halogens is 2. The minimum Gasteiger partial charge on any atom is -0.353 e. The van der Waals surface area contributed by atoms with Gasteiger partial charge in [0.05, 0.1) is 23.8 Å². The quantitative estimate of drug-likeness (QED) is 0.320. The van der Waals surface area contributed by atoms with Crippen LogP contribution in [0.5, 0.6) is 0 Å². The van der Waals surface area contributed by atoms with Crippen LogP contribution in [-0.2, 0) is 11.8 Å². The number of benzene rings is 1. The Bertz CT molecular complexity index is 1160. The molecule has 1 aliphatic rings. The van der Waals surface area contributed by atoms with E-state index in [1.165, 1.54) is 6.20 Å². The Morgan fingerprint density at radius 2 is 1.72 bits per heavy atom. The average molecular weight is 545 g/mol. The van der Waals surface area contributed by atoms with Crippen LogP contribution in [0.25, 0.3) is 0 Å². The van der Waals surface area contributed by atoms with Crippen LogP contribution in [0.1, 0.15) is 76.4 Å². The fraction of sp³-hybridized carbons (Fsp3) is 0.448. The minimum absolute atomic E-state index is 0.263. The van der Waals surface area contributed by atoms with Crippen LogP contribution in [0.2, 0.25) is 0 Å². The molecule has 2 aromatic heterocycles. The second-order valence-corrected chi connectivity index (χ2v) is 8.48. The number of carbonyl (C=O) groups excluding carboxylic acids is 2. The van der Waals surface area contributed by atoms with Gasteiger partial charge in [0.1, 0.15) is 12.2 Å². The van der Waals surface area contributed by atoms with Crippen LogP contribution in [-0.4, -0.2) is 38.8 Å². The summed E-state index contributed by atoms with van der Waals surface area (Å²) < 4.78 is 27.4. The highest BCUT2D eigenvalue weighted by atomic mass is 19.1. The first kappa shape index (κ1) is 33.2. The maximum Gasteiger partial charge on any atom is 0.251 e. The van der Waals surface area contributed by atoms with Crippen molar-refractivity contribution in [3.8, 4) is 0 Å². The van der Waals surface area contributed by atoms with Gasteiger partial charge in [0.2, 0.25) is 5.91 Å². The molecular formula is C29H42F2N6O2. The molecule has 1 aromatic carbocycles. The van der Waals surface area contributed by atoms with Crippen LogP contribution in [0.15, 0.2) is 48.9 Å². The molecule has 4 rings (SSSR count). The molecular weight excluding hydrogens is 502 g/mol. The van der Waals surface area contributed by atoms with Crippen LogP contribution in [0.3, 0.4) is 0 Å². The van der Waals surface area contributed by atoms with Crippen molar-refractivity contribution in [2.24, 2.45) is 7.05 Å². The summed E-state index contributed by atoms with van der Waals surface area (Å²) in [6.07, 6.45) is 7.72. The summed E-state index contributed by atoms with van der Waals surface area (Å²) in [4.78, 5) is 28.7. The second-order valence-electron chi connectivity index (χ2n) is 8.48. The van der Waals surface area contributed by atoms with Gasteiger partial charge in [-0.05, 0) is 51.0 Å². The normalized spacial score (nSPS) is 12.8. The fourth-order valence-corrected chi connectivity index (χ4v) is 3.49. The van der Waals surface area contributed by atoms with Gasteiger partial charge in [0.25, 0.3) is 5.91 Å². The van der Waals surface area contributed by atoms with Crippen molar-refractivity contribution in [3.63, 3.8) is 0 Å². The molecule has 1 aliphatic carbocycles. The standard InChI is InChI=1S/C20H21FN6O2.C5H9F.2C2H6/c1-12-7-18(17(21)10-22-12)25-15-6-4-5-14(8-15)20(29)24-13(2)19(28)26-16-9-23-27(3)11-16;6-5-3-1-2-4-5;2*1-2/h4-11,13H,1-3H3,(H,22,25)(H,24,29)(H,26,28);5H,1-4H2;2*1-2H3. The molecule has 0 bridgehead atoms. The number of hydrogen-bond acceptors (Lipinski definition) is 5. The number of rotatable bonds is 6. The monoisotopic (exact) mass is 544 g/mol. The van der Waals surface area contributed by atoms with Crippen molar-refractivity contribution in [2.75, 3.05) is 10.6 Å². The second kappa shape index (κ2) is 17.6. The molecule has 0 aliphatic heterocycles. The maximum atomic E-state index is 13.9. The highest BCUT2D eigenvalue weighted by molar-refractivity contribution is 6.01. The summed E-state index contributed by atoms with van der Waals surface area (Å²) in [5.74, 6) is -1.28. The Kier molecular flexibility index (Phi) is 15.0. The number of amides is 2. The lowest BCUT2D eigenvalue weighted by atomic mass is 10.1. The van der Waals surface area contributed by atoms with E-state index in [0.717, 1.165) is 31.9 Å². The van der Waals surface area contributed by atoms with E-state index >= 15 is 0 Å². The molecule has 3 N–H and O–H groups in total.